The number of nitrogens with one attached hydrogen (secondary N) is 1. The second kappa shape index (κ2) is 5.60. The van der Waals surface area contributed by atoms with E-state index in [0.717, 1.165) is 18.7 Å². The third kappa shape index (κ3) is 2.75. The SMILES string of the molecule is COc1cc(NCC2CCC3(CCCC3)O2)ccc1F. The largest absolute Gasteiger partial charge is 0.494 e. The Bertz CT molecular complexity index is 472. The molecule has 3 nitrogen and oxygen atoms in total. The summed E-state index contributed by atoms with van der Waals surface area (Å²) in [5.74, 6) is -0.0605. The van der Waals surface area contributed by atoms with Gasteiger partial charge in [0, 0.05) is 18.3 Å². The number of hydrogen-bond acceptors (Lipinski definition) is 3. The molecular weight excluding hydrogens is 257 g/mol. The fraction of sp³-hybridized carbons (Fsp3) is 0.625. The fourth-order valence-electron chi connectivity index (χ4n) is 3.43. The Kier molecular flexibility index (Phi) is 3.83. The highest BCUT2D eigenvalue weighted by molar-refractivity contribution is 5.48. The van der Waals surface area contributed by atoms with Gasteiger partial charge in [0.05, 0.1) is 18.8 Å². The molecule has 0 bridgehead atoms. The van der Waals surface area contributed by atoms with Crippen molar-refractivity contribution in [2.45, 2.75) is 50.2 Å². The zero-order valence-electron chi connectivity index (χ0n) is 12.0. The van der Waals surface area contributed by atoms with Crippen molar-refractivity contribution >= 4 is 5.69 Å². The third-order valence-electron chi connectivity index (χ3n) is 4.54. The van der Waals surface area contributed by atoms with Crippen molar-refractivity contribution in [3.8, 4) is 5.75 Å². The van der Waals surface area contributed by atoms with Crippen LogP contribution in [0.5, 0.6) is 5.75 Å². The van der Waals surface area contributed by atoms with Crippen LogP contribution in [0.1, 0.15) is 38.5 Å². The summed E-state index contributed by atoms with van der Waals surface area (Å²) in [5, 5.41) is 3.32. The predicted octanol–water partition coefficient (Wildman–Crippen LogP) is 3.74. The van der Waals surface area contributed by atoms with Gasteiger partial charge in [0.25, 0.3) is 0 Å². The van der Waals surface area contributed by atoms with Crippen LogP contribution in [0.2, 0.25) is 0 Å². The lowest BCUT2D eigenvalue weighted by molar-refractivity contribution is -0.0307. The summed E-state index contributed by atoms with van der Waals surface area (Å²) in [4.78, 5) is 0. The molecule has 1 unspecified atom stereocenters. The lowest BCUT2D eigenvalue weighted by Gasteiger charge is -2.24. The lowest BCUT2D eigenvalue weighted by atomic mass is 9.98. The Hall–Kier alpha value is -1.29. The van der Waals surface area contributed by atoms with Gasteiger partial charge >= 0.3 is 0 Å². The summed E-state index contributed by atoms with van der Waals surface area (Å²) in [5.41, 5.74) is 1.05. The van der Waals surface area contributed by atoms with Gasteiger partial charge in [-0.25, -0.2) is 4.39 Å². The summed E-state index contributed by atoms with van der Waals surface area (Å²) in [6, 6.07) is 4.85. The van der Waals surface area contributed by atoms with Gasteiger partial charge < -0.3 is 14.8 Å². The molecule has 0 amide bonds. The van der Waals surface area contributed by atoms with Crippen LogP contribution in [0.3, 0.4) is 0 Å². The van der Waals surface area contributed by atoms with Crippen LogP contribution in [-0.4, -0.2) is 25.4 Å². The average Bonchev–Trinajstić information content (AvgIpc) is 3.09. The van der Waals surface area contributed by atoms with Gasteiger partial charge in [-0.3, -0.25) is 0 Å². The minimum Gasteiger partial charge on any atom is -0.494 e. The Morgan fingerprint density at radius 2 is 2.15 bits per heavy atom. The van der Waals surface area contributed by atoms with E-state index in [1.165, 1.54) is 45.3 Å². The maximum absolute atomic E-state index is 13.3. The van der Waals surface area contributed by atoms with E-state index >= 15 is 0 Å². The molecule has 110 valence electrons. The van der Waals surface area contributed by atoms with Gasteiger partial charge in [0.15, 0.2) is 11.6 Å². The zero-order valence-corrected chi connectivity index (χ0v) is 12.0. The molecule has 20 heavy (non-hydrogen) atoms. The van der Waals surface area contributed by atoms with E-state index in [1.807, 2.05) is 0 Å². The molecule has 1 heterocycles. The van der Waals surface area contributed by atoms with Crippen molar-refractivity contribution in [1.82, 2.24) is 0 Å². The topological polar surface area (TPSA) is 30.5 Å². The van der Waals surface area contributed by atoms with Crippen molar-refractivity contribution in [3.05, 3.63) is 24.0 Å². The van der Waals surface area contributed by atoms with E-state index in [2.05, 4.69) is 5.32 Å². The van der Waals surface area contributed by atoms with E-state index in [4.69, 9.17) is 9.47 Å². The van der Waals surface area contributed by atoms with Gasteiger partial charge in [-0.2, -0.15) is 0 Å². The van der Waals surface area contributed by atoms with Crippen LogP contribution in [0.4, 0.5) is 10.1 Å². The highest BCUT2D eigenvalue weighted by Gasteiger charge is 2.41. The standard InChI is InChI=1S/C16H22FNO2/c1-19-15-10-12(4-5-14(15)17)18-11-13-6-9-16(20-13)7-2-3-8-16/h4-5,10,13,18H,2-3,6-9,11H2,1H3. The first-order chi connectivity index (χ1) is 9.71. The summed E-state index contributed by atoms with van der Waals surface area (Å²) < 4.78 is 24.6. The van der Waals surface area contributed by atoms with Gasteiger partial charge in [0.2, 0.25) is 0 Å². The summed E-state index contributed by atoms with van der Waals surface area (Å²) in [7, 11) is 1.48. The van der Waals surface area contributed by atoms with Crippen molar-refractivity contribution < 1.29 is 13.9 Å². The normalized spacial score (nSPS) is 24.2. The van der Waals surface area contributed by atoms with E-state index in [-0.39, 0.29) is 23.3 Å². The predicted molar refractivity (Wildman–Crippen MR) is 76.7 cm³/mol. The van der Waals surface area contributed by atoms with Crippen LogP contribution in [0.25, 0.3) is 0 Å². The molecule has 0 aromatic heterocycles. The van der Waals surface area contributed by atoms with Gasteiger partial charge in [-0.15, -0.1) is 0 Å². The highest BCUT2D eigenvalue weighted by atomic mass is 19.1. The van der Waals surface area contributed by atoms with Gasteiger partial charge in [0.1, 0.15) is 0 Å². The Morgan fingerprint density at radius 3 is 2.90 bits per heavy atom. The molecule has 2 fully saturated rings. The second-order valence-corrected chi connectivity index (χ2v) is 5.90. The van der Waals surface area contributed by atoms with Gasteiger partial charge in [-0.05, 0) is 37.8 Å². The molecule has 1 aromatic rings. The molecule has 1 aromatic carbocycles. The number of benzene rings is 1. The first kappa shape index (κ1) is 13.7. The molecule has 3 rings (SSSR count). The smallest absolute Gasteiger partial charge is 0.165 e. The molecule has 4 heteroatoms. The fourth-order valence-corrected chi connectivity index (χ4v) is 3.43. The Morgan fingerprint density at radius 1 is 1.35 bits per heavy atom. The molecule has 1 atom stereocenters. The Balaban J connectivity index is 1.55. The first-order valence-corrected chi connectivity index (χ1v) is 7.46. The molecule has 1 saturated heterocycles. The van der Waals surface area contributed by atoms with Crippen LogP contribution < -0.4 is 10.1 Å². The number of ether oxygens (including phenoxy) is 2. The quantitative estimate of drug-likeness (QED) is 0.910. The van der Waals surface area contributed by atoms with Crippen molar-refractivity contribution in [2.24, 2.45) is 0 Å². The number of rotatable bonds is 4. The third-order valence-corrected chi connectivity index (χ3v) is 4.54. The number of hydrogen-bond donors (Lipinski definition) is 1. The maximum Gasteiger partial charge on any atom is 0.165 e. The molecule has 1 aliphatic heterocycles. The number of methoxy groups -OCH3 is 1. The van der Waals surface area contributed by atoms with Crippen molar-refractivity contribution in [2.75, 3.05) is 19.0 Å². The number of halogens is 1. The second-order valence-electron chi connectivity index (χ2n) is 5.90. The number of anilines is 1. The molecule has 2 aliphatic rings. The highest BCUT2D eigenvalue weighted by Crippen LogP contribution is 2.43. The van der Waals surface area contributed by atoms with Crippen LogP contribution in [0.15, 0.2) is 18.2 Å². The molecule has 1 aliphatic carbocycles. The maximum atomic E-state index is 13.3. The lowest BCUT2D eigenvalue weighted by Crippen LogP contribution is -2.27. The molecule has 1 N–H and O–H groups in total. The van der Waals surface area contributed by atoms with Crippen LogP contribution >= 0.6 is 0 Å². The van der Waals surface area contributed by atoms with Crippen molar-refractivity contribution in [1.29, 1.82) is 0 Å². The van der Waals surface area contributed by atoms with Crippen molar-refractivity contribution in [3.63, 3.8) is 0 Å². The molecule has 0 radical (unpaired) electrons. The molecule has 1 saturated carbocycles. The van der Waals surface area contributed by atoms with E-state index < -0.39 is 0 Å². The zero-order chi connectivity index (χ0) is 14.0. The monoisotopic (exact) mass is 279 g/mol. The minimum absolute atomic E-state index is 0.173. The van der Waals surface area contributed by atoms with Crippen LogP contribution in [0, 0.1) is 5.82 Å². The summed E-state index contributed by atoms with van der Waals surface area (Å²) >= 11 is 0. The average molecular weight is 279 g/mol. The Labute approximate surface area is 119 Å². The molecule has 1 spiro atoms. The van der Waals surface area contributed by atoms with Crippen LogP contribution in [-0.2, 0) is 4.74 Å². The van der Waals surface area contributed by atoms with E-state index in [9.17, 15) is 4.39 Å². The molecular formula is C16H22FNO2. The summed E-state index contributed by atoms with van der Waals surface area (Å²) in [6.45, 7) is 0.774. The van der Waals surface area contributed by atoms with Gasteiger partial charge in [-0.1, -0.05) is 12.8 Å². The first-order valence-electron chi connectivity index (χ1n) is 7.46. The van der Waals surface area contributed by atoms with E-state index in [1.54, 1.807) is 12.1 Å². The summed E-state index contributed by atoms with van der Waals surface area (Å²) in [6.07, 6.45) is 7.60. The van der Waals surface area contributed by atoms with E-state index in [0.29, 0.717) is 0 Å². The minimum atomic E-state index is -0.333.